The third kappa shape index (κ3) is 3.34. The van der Waals surface area contributed by atoms with Crippen LogP contribution in [0.4, 0.5) is 5.69 Å². The number of benzene rings is 1. The summed E-state index contributed by atoms with van der Waals surface area (Å²) >= 11 is 3.45. The van der Waals surface area contributed by atoms with Crippen LogP contribution in [0.1, 0.15) is 12.0 Å². The van der Waals surface area contributed by atoms with Gasteiger partial charge in [0.25, 0.3) is 0 Å². The lowest BCUT2D eigenvalue weighted by molar-refractivity contribution is 0.660. The average molecular weight is 305 g/mol. The standard InChI is InChI=1S/C13H13BrN4/c14-12-8-11(9-15)2-3-13(12)17-4-1-6-18-7-5-16-10-18/h2-3,5,7-8,10,17H,1,4,6H2. The minimum atomic E-state index is 0.658. The Labute approximate surface area is 114 Å². The number of hydrogen-bond donors (Lipinski definition) is 1. The topological polar surface area (TPSA) is 53.6 Å². The number of nitrogens with zero attached hydrogens (tertiary/aromatic N) is 3. The van der Waals surface area contributed by atoms with Crippen LogP contribution in [0.15, 0.2) is 41.4 Å². The Kier molecular flexibility index (Phi) is 4.37. The van der Waals surface area contributed by atoms with E-state index >= 15 is 0 Å². The Morgan fingerprint density at radius 3 is 3.00 bits per heavy atom. The first-order chi connectivity index (χ1) is 8.79. The predicted molar refractivity (Wildman–Crippen MR) is 74.2 cm³/mol. The molecule has 1 aromatic heterocycles. The van der Waals surface area contributed by atoms with E-state index in [-0.39, 0.29) is 0 Å². The van der Waals surface area contributed by atoms with Crippen LogP contribution >= 0.6 is 15.9 Å². The number of aromatic nitrogens is 2. The smallest absolute Gasteiger partial charge is 0.0992 e. The number of rotatable bonds is 5. The summed E-state index contributed by atoms with van der Waals surface area (Å²) < 4.78 is 2.97. The van der Waals surface area contributed by atoms with E-state index in [0.29, 0.717) is 5.56 Å². The summed E-state index contributed by atoms with van der Waals surface area (Å²) in [6.07, 6.45) is 6.57. The highest BCUT2D eigenvalue weighted by molar-refractivity contribution is 9.10. The fourth-order valence-electron chi connectivity index (χ4n) is 1.63. The van der Waals surface area contributed by atoms with E-state index in [1.807, 2.05) is 30.7 Å². The summed E-state index contributed by atoms with van der Waals surface area (Å²) in [5.74, 6) is 0. The molecule has 5 heteroatoms. The highest BCUT2D eigenvalue weighted by Crippen LogP contribution is 2.23. The quantitative estimate of drug-likeness (QED) is 0.864. The van der Waals surface area contributed by atoms with Gasteiger partial charge in [0.2, 0.25) is 0 Å². The van der Waals surface area contributed by atoms with Crippen molar-refractivity contribution in [3.63, 3.8) is 0 Å². The lowest BCUT2D eigenvalue weighted by atomic mass is 10.2. The molecule has 1 heterocycles. The number of nitriles is 1. The van der Waals surface area contributed by atoms with Crippen LogP contribution < -0.4 is 5.32 Å². The number of imidazole rings is 1. The molecule has 92 valence electrons. The van der Waals surface area contributed by atoms with Crippen molar-refractivity contribution in [1.29, 1.82) is 5.26 Å². The van der Waals surface area contributed by atoms with Crippen molar-refractivity contribution < 1.29 is 0 Å². The number of aryl methyl sites for hydroxylation is 1. The predicted octanol–water partition coefficient (Wildman–Crippen LogP) is 3.02. The second kappa shape index (κ2) is 6.22. The van der Waals surface area contributed by atoms with Crippen molar-refractivity contribution in [3.05, 3.63) is 47.0 Å². The Bertz CT molecular complexity index is 543. The number of halogens is 1. The first kappa shape index (κ1) is 12.7. The van der Waals surface area contributed by atoms with Gasteiger partial charge in [-0.05, 0) is 40.5 Å². The van der Waals surface area contributed by atoms with Crippen LogP contribution in [0.3, 0.4) is 0 Å². The summed E-state index contributed by atoms with van der Waals surface area (Å²) in [7, 11) is 0. The minimum Gasteiger partial charge on any atom is -0.384 e. The lowest BCUT2D eigenvalue weighted by Crippen LogP contribution is -2.06. The number of anilines is 1. The fraction of sp³-hybridized carbons (Fsp3) is 0.231. The molecule has 0 saturated heterocycles. The van der Waals surface area contributed by atoms with Crippen LogP contribution in [0.25, 0.3) is 0 Å². The molecule has 1 aromatic carbocycles. The maximum absolute atomic E-state index is 8.77. The monoisotopic (exact) mass is 304 g/mol. The van der Waals surface area contributed by atoms with Crippen LogP contribution in [-0.2, 0) is 6.54 Å². The van der Waals surface area contributed by atoms with E-state index < -0.39 is 0 Å². The molecule has 0 aliphatic rings. The molecule has 18 heavy (non-hydrogen) atoms. The van der Waals surface area contributed by atoms with Gasteiger partial charge in [0.15, 0.2) is 0 Å². The molecule has 0 fully saturated rings. The van der Waals surface area contributed by atoms with Gasteiger partial charge in [0.1, 0.15) is 0 Å². The SMILES string of the molecule is N#Cc1ccc(NCCCn2ccnc2)c(Br)c1. The normalized spacial score (nSPS) is 10.0. The van der Waals surface area contributed by atoms with Crippen molar-refractivity contribution in [2.75, 3.05) is 11.9 Å². The Balaban J connectivity index is 1.82. The van der Waals surface area contributed by atoms with Crippen LogP contribution in [0.2, 0.25) is 0 Å². The molecule has 2 aromatic rings. The van der Waals surface area contributed by atoms with Gasteiger partial charge in [-0.15, -0.1) is 0 Å². The molecule has 0 spiro atoms. The maximum Gasteiger partial charge on any atom is 0.0992 e. The molecule has 2 rings (SSSR count). The molecule has 0 amide bonds. The van der Waals surface area contributed by atoms with Crippen molar-refractivity contribution in [2.24, 2.45) is 0 Å². The number of hydrogen-bond acceptors (Lipinski definition) is 3. The molecule has 0 atom stereocenters. The highest BCUT2D eigenvalue weighted by atomic mass is 79.9. The van der Waals surface area contributed by atoms with Gasteiger partial charge >= 0.3 is 0 Å². The summed E-state index contributed by atoms with van der Waals surface area (Å²) in [5.41, 5.74) is 1.67. The average Bonchev–Trinajstić information content (AvgIpc) is 2.89. The Hall–Kier alpha value is -1.80. The van der Waals surface area contributed by atoms with Crippen LogP contribution in [0.5, 0.6) is 0 Å². The first-order valence-corrected chi connectivity index (χ1v) is 6.48. The minimum absolute atomic E-state index is 0.658. The molecular weight excluding hydrogens is 292 g/mol. The summed E-state index contributed by atoms with van der Waals surface area (Å²) in [6, 6.07) is 7.66. The Morgan fingerprint density at radius 2 is 2.33 bits per heavy atom. The van der Waals surface area contributed by atoms with Crippen LogP contribution in [-0.4, -0.2) is 16.1 Å². The zero-order chi connectivity index (χ0) is 12.8. The van der Waals surface area contributed by atoms with Gasteiger partial charge in [0, 0.05) is 35.6 Å². The van der Waals surface area contributed by atoms with E-state index in [1.165, 1.54) is 0 Å². The Morgan fingerprint density at radius 1 is 1.44 bits per heavy atom. The van der Waals surface area contributed by atoms with Crippen molar-refractivity contribution in [1.82, 2.24) is 9.55 Å². The molecule has 0 unspecified atom stereocenters. The van der Waals surface area contributed by atoms with E-state index in [4.69, 9.17) is 5.26 Å². The fourth-order valence-corrected chi connectivity index (χ4v) is 2.15. The third-order valence-corrected chi connectivity index (χ3v) is 3.22. The number of nitrogens with one attached hydrogen (secondary N) is 1. The second-order valence-corrected chi connectivity index (χ2v) is 4.74. The zero-order valence-electron chi connectivity index (χ0n) is 9.81. The molecule has 4 nitrogen and oxygen atoms in total. The van der Waals surface area contributed by atoms with Gasteiger partial charge in [-0.3, -0.25) is 0 Å². The largest absolute Gasteiger partial charge is 0.384 e. The van der Waals surface area contributed by atoms with Crippen LogP contribution in [0, 0.1) is 11.3 Å². The van der Waals surface area contributed by atoms with Gasteiger partial charge in [-0.2, -0.15) is 5.26 Å². The van der Waals surface area contributed by atoms with Gasteiger partial charge in [-0.1, -0.05) is 0 Å². The van der Waals surface area contributed by atoms with Crippen molar-refractivity contribution >= 4 is 21.6 Å². The molecule has 0 bridgehead atoms. The summed E-state index contributed by atoms with van der Waals surface area (Å²) in [5, 5.41) is 12.1. The van der Waals surface area contributed by atoms with E-state index in [0.717, 1.165) is 29.7 Å². The van der Waals surface area contributed by atoms with Crippen molar-refractivity contribution in [2.45, 2.75) is 13.0 Å². The van der Waals surface area contributed by atoms with Gasteiger partial charge in [-0.25, -0.2) is 4.98 Å². The van der Waals surface area contributed by atoms with Crippen molar-refractivity contribution in [3.8, 4) is 6.07 Å². The maximum atomic E-state index is 8.77. The molecule has 0 aliphatic carbocycles. The second-order valence-electron chi connectivity index (χ2n) is 3.89. The summed E-state index contributed by atoms with van der Waals surface area (Å²) in [4.78, 5) is 4.00. The molecule has 0 radical (unpaired) electrons. The molecular formula is C13H13BrN4. The lowest BCUT2D eigenvalue weighted by Gasteiger charge is -2.09. The first-order valence-electron chi connectivity index (χ1n) is 5.69. The molecule has 0 aliphatic heterocycles. The molecule has 0 saturated carbocycles. The van der Waals surface area contributed by atoms with Gasteiger partial charge in [0.05, 0.1) is 18.0 Å². The molecule has 1 N–H and O–H groups in total. The third-order valence-electron chi connectivity index (χ3n) is 2.57. The van der Waals surface area contributed by atoms with E-state index in [1.54, 1.807) is 6.20 Å². The zero-order valence-corrected chi connectivity index (χ0v) is 11.4. The van der Waals surface area contributed by atoms with Gasteiger partial charge < -0.3 is 9.88 Å². The highest BCUT2D eigenvalue weighted by Gasteiger charge is 2.00. The van der Waals surface area contributed by atoms with E-state index in [9.17, 15) is 0 Å². The summed E-state index contributed by atoms with van der Waals surface area (Å²) in [6.45, 7) is 1.82. The van der Waals surface area contributed by atoms with E-state index in [2.05, 4.69) is 36.9 Å².